The van der Waals surface area contributed by atoms with Gasteiger partial charge in [-0.05, 0) is 43.5 Å². The lowest BCUT2D eigenvalue weighted by molar-refractivity contribution is 0.119. The van der Waals surface area contributed by atoms with Crippen LogP contribution >= 0.6 is 0 Å². The largest absolute Gasteiger partial charge is 0.501 e. The van der Waals surface area contributed by atoms with E-state index in [2.05, 4.69) is 6.58 Å². The maximum absolute atomic E-state index is 5.63. The minimum atomic E-state index is 0.630. The quantitative estimate of drug-likeness (QED) is 0.366. The Morgan fingerprint density at radius 1 is 1.25 bits per heavy atom. The Kier molecular flexibility index (Phi) is 8.24. The fourth-order valence-electron chi connectivity index (χ4n) is 1.64. The third-order valence-corrected chi connectivity index (χ3v) is 2.78. The summed E-state index contributed by atoms with van der Waals surface area (Å²) in [6, 6.07) is 7.92. The second kappa shape index (κ2) is 10.1. The minimum Gasteiger partial charge on any atom is -0.501 e. The van der Waals surface area contributed by atoms with Gasteiger partial charge in [-0.15, -0.1) is 0 Å². The monoisotopic (exact) mass is 276 g/mol. The third kappa shape index (κ3) is 7.00. The molecule has 0 heterocycles. The van der Waals surface area contributed by atoms with Crippen molar-refractivity contribution in [2.75, 3.05) is 20.3 Å². The average molecular weight is 276 g/mol. The van der Waals surface area contributed by atoms with Gasteiger partial charge < -0.3 is 14.2 Å². The van der Waals surface area contributed by atoms with Crippen LogP contribution in [0, 0.1) is 0 Å². The molecule has 0 spiro atoms. The first kappa shape index (κ1) is 16.3. The first-order valence-corrected chi connectivity index (χ1v) is 6.93. The molecule has 0 saturated carbocycles. The van der Waals surface area contributed by atoms with E-state index in [0.29, 0.717) is 13.2 Å². The highest BCUT2D eigenvalue weighted by Gasteiger charge is 1.96. The van der Waals surface area contributed by atoms with Crippen molar-refractivity contribution in [3.63, 3.8) is 0 Å². The van der Waals surface area contributed by atoms with Crippen LogP contribution in [0.2, 0.25) is 0 Å². The fraction of sp³-hybridized carbons (Fsp3) is 0.412. The van der Waals surface area contributed by atoms with Crippen LogP contribution in [0.5, 0.6) is 5.75 Å². The van der Waals surface area contributed by atoms with Crippen LogP contribution < -0.4 is 4.74 Å². The Balaban J connectivity index is 2.10. The van der Waals surface area contributed by atoms with Crippen molar-refractivity contribution in [1.29, 1.82) is 0 Å². The third-order valence-electron chi connectivity index (χ3n) is 2.78. The van der Waals surface area contributed by atoms with Crippen LogP contribution in [0.1, 0.15) is 25.3 Å². The number of hydrogen-bond acceptors (Lipinski definition) is 3. The fourth-order valence-corrected chi connectivity index (χ4v) is 1.64. The lowest BCUT2D eigenvalue weighted by Crippen LogP contribution is -1.96. The lowest BCUT2D eigenvalue weighted by Gasteiger charge is -2.06. The zero-order valence-corrected chi connectivity index (χ0v) is 12.4. The number of hydrogen-bond donors (Lipinski definition) is 0. The van der Waals surface area contributed by atoms with Crippen molar-refractivity contribution in [3.8, 4) is 5.75 Å². The molecule has 0 aliphatic carbocycles. The number of rotatable bonds is 10. The molecule has 0 bridgehead atoms. The zero-order valence-electron chi connectivity index (χ0n) is 12.4. The maximum atomic E-state index is 5.63. The molecular weight excluding hydrogens is 252 g/mol. The van der Waals surface area contributed by atoms with E-state index >= 15 is 0 Å². The van der Waals surface area contributed by atoms with E-state index in [1.807, 2.05) is 37.3 Å². The number of ether oxygens (including phenoxy) is 3. The predicted molar refractivity (Wildman–Crippen MR) is 81.8 cm³/mol. The van der Waals surface area contributed by atoms with Gasteiger partial charge in [-0.25, -0.2) is 0 Å². The number of allylic oxidation sites excluding steroid dienone is 2. The van der Waals surface area contributed by atoms with Gasteiger partial charge in [0.05, 0.1) is 26.6 Å². The smallest absolute Gasteiger partial charge is 0.118 e. The molecule has 0 atom stereocenters. The first-order valence-electron chi connectivity index (χ1n) is 6.93. The summed E-state index contributed by atoms with van der Waals surface area (Å²) in [5, 5.41) is 0. The van der Waals surface area contributed by atoms with E-state index in [-0.39, 0.29) is 0 Å². The summed E-state index contributed by atoms with van der Waals surface area (Å²) in [4.78, 5) is 0. The maximum Gasteiger partial charge on any atom is 0.118 e. The van der Waals surface area contributed by atoms with Gasteiger partial charge in [-0.2, -0.15) is 0 Å². The first-order chi connectivity index (χ1) is 9.76. The van der Waals surface area contributed by atoms with Crippen LogP contribution in [0.3, 0.4) is 0 Å². The van der Waals surface area contributed by atoms with Gasteiger partial charge in [0.15, 0.2) is 0 Å². The van der Waals surface area contributed by atoms with Gasteiger partial charge in [-0.3, -0.25) is 0 Å². The van der Waals surface area contributed by atoms with Crippen molar-refractivity contribution in [2.24, 2.45) is 0 Å². The summed E-state index contributed by atoms with van der Waals surface area (Å²) in [6.07, 6.45) is 5.49. The van der Waals surface area contributed by atoms with Gasteiger partial charge in [-0.1, -0.05) is 24.3 Å². The normalized spacial score (nSPS) is 10.7. The van der Waals surface area contributed by atoms with Crippen molar-refractivity contribution in [3.05, 3.63) is 54.3 Å². The summed E-state index contributed by atoms with van der Waals surface area (Å²) in [7, 11) is 1.67. The van der Waals surface area contributed by atoms with Crippen molar-refractivity contribution >= 4 is 0 Å². The zero-order chi connectivity index (χ0) is 14.6. The van der Waals surface area contributed by atoms with Gasteiger partial charge in [0, 0.05) is 6.61 Å². The highest BCUT2D eigenvalue weighted by atomic mass is 16.5. The summed E-state index contributed by atoms with van der Waals surface area (Å²) in [6.45, 7) is 7.97. The molecule has 3 heteroatoms. The second-order valence-electron chi connectivity index (χ2n) is 4.42. The Hall–Kier alpha value is -1.74. The molecule has 0 saturated heterocycles. The topological polar surface area (TPSA) is 27.7 Å². The second-order valence-corrected chi connectivity index (χ2v) is 4.42. The average Bonchev–Trinajstić information content (AvgIpc) is 2.48. The highest BCUT2D eigenvalue weighted by molar-refractivity contribution is 5.26. The van der Waals surface area contributed by atoms with Crippen LogP contribution in [0.25, 0.3) is 0 Å². The van der Waals surface area contributed by atoms with E-state index in [1.54, 1.807) is 13.4 Å². The van der Waals surface area contributed by atoms with Crippen molar-refractivity contribution in [1.82, 2.24) is 0 Å². The van der Waals surface area contributed by atoms with E-state index in [9.17, 15) is 0 Å². The molecule has 0 N–H and O–H groups in total. The van der Waals surface area contributed by atoms with E-state index in [1.165, 1.54) is 0 Å². The molecule has 0 radical (unpaired) electrons. The summed E-state index contributed by atoms with van der Waals surface area (Å²) in [5.74, 6) is 0.867. The summed E-state index contributed by atoms with van der Waals surface area (Å²) < 4.78 is 15.9. The Labute approximate surface area is 121 Å². The molecule has 3 nitrogen and oxygen atoms in total. The molecule has 0 amide bonds. The van der Waals surface area contributed by atoms with Gasteiger partial charge in [0.25, 0.3) is 0 Å². The van der Waals surface area contributed by atoms with Gasteiger partial charge >= 0.3 is 0 Å². The van der Waals surface area contributed by atoms with E-state index < -0.39 is 0 Å². The standard InChI is InChI=1S/C17H24O3/c1-4-19-13-11-15(2)6-5-12-20-14-16-7-9-17(18-3)10-8-16/h7-11,13H,2,4-6,12,14H2,1,3H3/b13-11+. The minimum absolute atomic E-state index is 0.630. The van der Waals surface area contributed by atoms with Crippen LogP contribution in [0.4, 0.5) is 0 Å². The molecule has 0 aliphatic rings. The molecule has 1 aromatic rings. The molecule has 1 rings (SSSR count). The highest BCUT2D eigenvalue weighted by Crippen LogP contribution is 2.12. The van der Waals surface area contributed by atoms with Crippen LogP contribution in [-0.2, 0) is 16.1 Å². The molecular formula is C17H24O3. The Bertz CT molecular complexity index is 407. The summed E-state index contributed by atoms with van der Waals surface area (Å²) >= 11 is 0. The van der Waals surface area contributed by atoms with Crippen molar-refractivity contribution in [2.45, 2.75) is 26.4 Å². The molecule has 0 aromatic heterocycles. The molecule has 20 heavy (non-hydrogen) atoms. The van der Waals surface area contributed by atoms with Gasteiger partial charge in [0.1, 0.15) is 5.75 Å². The van der Waals surface area contributed by atoms with Crippen LogP contribution in [0.15, 0.2) is 48.8 Å². The Morgan fingerprint density at radius 3 is 2.65 bits per heavy atom. The molecule has 1 aromatic carbocycles. The molecule has 110 valence electrons. The van der Waals surface area contributed by atoms with Crippen LogP contribution in [-0.4, -0.2) is 20.3 Å². The number of methoxy groups -OCH3 is 1. The number of benzene rings is 1. The molecule has 0 aliphatic heterocycles. The van der Waals surface area contributed by atoms with Gasteiger partial charge in [0.2, 0.25) is 0 Å². The SMILES string of the molecule is C=C(/C=C/OCC)CCCOCc1ccc(OC)cc1. The van der Waals surface area contributed by atoms with Crippen molar-refractivity contribution < 1.29 is 14.2 Å². The summed E-state index contributed by atoms with van der Waals surface area (Å²) in [5.41, 5.74) is 2.22. The lowest BCUT2D eigenvalue weighted by atomic mass is 10.2. The van der Waals surface area contributed by atoms with E-state index in [0.717, 1.165) is 36.3 Å². The molecule has 0 fully saturated rings. The molecule has 0 unspecified atom stereocenters. The van der Waals surface area contributed by atoms with E-state index in [4.69, 9.17) is 14.2 Å². The Morgan fingerprint density at radius 2 is 2.00 bits per heavy atom. The predicted octanol–water partition coefficient (Wildman–Crippen LogP) is 4.10.